The summed E-state index contributed by atoms with van der Waals surface area (Å²) in [5.74, 6) is 1.59. The van der Waals surface area contributed by atoms with Gasteiger partial charge in [0.15, 0.2) is 0 Å². The van der Waals surface area contributed by atoms with E-state index in [0.29, 0.717) is 0 Å². The molecule has 112 valence electrons. The molecular weight excluding hydrogens is 252 g/mol. The van der Waals surface area contributed by atoms with Crippen molar-refractivity contribution in [2.75, 3.05) is 28.3 Å². The van der Waals surface area contributed by atoms with Gasteiger partial charge in [0.2, 0.25) is 0 Å². The third kappa shape index (κ3) is 2.63. The Morgan fingerprint density at radius 2 is 1.55 bits per heavy atom. The number of methoxy groups -OCH3 is 2. The van der Waals surface area contributed by atoms with E-state index in [0.717, 1.165) is 29.9 Å². The van der Waals surface area contributed by atoms with Gasteiger partial charge in [-0.2, -0.15) is 0 Å². The van der Waals surface area contributed by atoms with Crippen molar-refractivity contribution in [3.05, 3.63) is 23.8 Å². The average molecular weight is 278 g/mol. The molecule has 0 heterocycles. The SMILES string of the molecule is COc1cc(OC)cc(C(N)C2(N(C)C)CCCC2)c1. The first kappa shape index (κ1) is 15.1. The first-order valence-corrected chi connectivity index (χ1v) is 7.19. The second-order valence-corrected chi connectivity index (χ2v) is 5.83. The number of nitrogens with two attached hydrogens (primary N) is 1. The fourth-order valence-electron chi connectivity index (χ4n) is 3.34. The minimum absolute atomic E-state index is 0.0380. The van der Waals surface area contributed by atoms with Crippen molar-refractivity contribution in [3.63, 3.8) is 0 Å². The van der Waals surface area contributed by atoms with Gasteiger partial charge in [-0.1, -0.05) is 12.8 Å². The summed E-state index contributed by atoms with van der Waals surface area (Å²) in [5.41, 5.74) is 7.75. The van der Waals surface area contributed by atoms with Crippen molar-refractivity contribution in [2.45, 2.75) is 37.3 Å². The molecule has 0 aliphatic heterocycles. The van der Waals surface area contributed by atoms with Crippen LogP contribution in [0.4, 0.5) is 0 Å². The van der Waals surface area contributed by atoms with Crippen molar-refractivity contribution in [1.29, 1.82) is 0 Å². The molecular formula is C16H26N2O2. The number of ether oxygens (including phenoxy) is 2. The lowest BCUT2D eigenvalue weighted by molar-refractivity contribution is 0.123. The van der Waals surface area contributed by atoms with Crippen LogP contribution in [0.1, 0.15) is 37.3 Å². The van der Waals surface area contributed by atoms with Crippen molar-refractivity contribution in [1.82, 2.24) is 4.90 Å². The molecule has 0 spiro atoms. The second-order valence-electron chi connectivity index (χ2n) is 5.83. The summed E-state index contributed by atoms with van der Waals surface area (Å²) in [6, 6.07) is 5.89. The number of hydrogen-bond donors (Lipinski definition) is 1. The minimum atomic E-state index is -0.0380. The summed E-state index contributed by atoms with van der Waals surface area (Å²) in [6.45, 7) is 0. The highest BCUT2D eigenvalue weighted by molar-refractivity contribution is 5.41. The Labute approximate surface area is 121 Å². The third-order valence-corrected chi connectivity index (χ3v) is 4.67. The van der Waals surface area contributed by atoms with Crippen molar-refractivity contribution in [2.24, 2.45) is 5.73 Å². The molecule has 2 N–H and O–H groups in total. The molecule has 0 bridgehead atoms. The zero-order valence-corrected chi connectivity index (χ0v) is 13.0. The second kappa shape index (κ2) is 6.02. The van der Waals surface area contributed by atoms with Crippen LogP contribution in [-0.2, 0) is 0 Å². The predicted octanol–water partition coefficient (Wildman–Crippen LogP) is 2.58. The van der Waals surface area contributed by atoms with Gasteiger partial charge in [0, 0.05) is 17.6 Å². The number of hydrogen-bond acceptors (Lipinski definition) is 4. The first-order chi connectivity index (χ1) is 9.53. The number of rotatable bonds is 5. The van der Waals surface area contributed by atoms with Crippen LogP contribution in [0.25, 0.3) is 0 Å². The van der Waals surface area contributed by atoms with Crippen LogP contribution in [0.2, 0.25) is 0 Å². The van der Waals surface area contributed by atoms with Crippen LogP contribution in [0.15, 0.2) is 18.2 Å². The smallest absolute Gasteiger partial charge is 0.122 e. The third-order valence-electron chi connectivity index (χ3n) is 4.67. The van der Waals surface area contributed by atoms with Crippen LogP contribution < -0.4 is 15.2 Å². The molecule has 0 amide bonds. The monoisotopic (exact) mass is 278 g/mol. The molecule has 0 radical (unpaired) electrons. The fourth-order valence-corrected chi connectivity index (χ4v) is 3.34. The van der Waals surface area contributed by atoms with E-state index in [1.54, 1.807) is 14.2 Å². The molecule has 1 unspecified atom stereocenters. The van der Waals surface area contributed by atoms with Gasteiger partial charge in [0.25, 0.3) is 0 Å². The molecule has 4 nitrogen and oxygen atoms in total. The molecule has 1 aliphatic rings. The highest BCUT2D eigenvalue weighted by Crippen LogP contribution is 2.43. The molecule has 1 fully saturated rings. The molecule has 1 atom stereocenters. The van der Waals surface area contributed by atoms with Gasteiger partial charge in [0.1, 0.15) is 11.5 Å². The minimum Gasteiger partial charge on any atom is -0.497 e. The van der Waals surface area contributed by atoms with Crippen LogP contribution >= 0.6 is 0 Å². The van der Waals surface area contributed by atoms with E-state index in [-0.39, 0.29) is 11.6 Å². The van der Waals surface area contributed by atoms with E-state index in [1.165, 1.54) is 12.8 Å². The molecule has 20 heavy (non-hydrogen) atoms. The summed E-state index contributed by atoms with van der Waals surface area (Å²) in [4.78, 5) is 2.29. The van der Waals surface area contributed by atoms with Crippen LogP contribution in [-0.4, -0.2) is 38.8 Å². The Bertz CT molecular complexity index is 432. The topological polar surface area (TPSA) is 47.7 Å². The lowest BCUT2D eigenvalue weighted by atomic mass is 9.83. The maximum absolute atomic E-state index is 6.63. The molecule has 1 aliphatic carbocycles. The molecule has 0 saturated heterocycles. The van der Waals surface area contributed by atoms with E-state index in [9.17, 15) is 0 Å². The lowest BCUT2D eigenvalue weighted by Gasteiger charge is -2.41. The van der Waals surface area contributed by atoms with Gasteiger partial charge in [-0.05, 0) is 44.6 Å². The Morgan fingerprint density at radius 1 is 1.05 bits per heavy atom. The van der Waals surface area contributed by atoms with E-state index >= 15 is 0 Å². The van der Waals surface area contributed by atoms with Crippen molar-refractivity contribution in [3.8, 4) is 11.5 Å². The van der Waals surface area contributed by atoms with Gasteiger partial charge in [-0.25, -0.2) is 0 Å². The summed E-state index contributed by atoms with van der Waals surface area (Å²) in [5, 5.41) is 0. The first-order valence-electron chi connectivity index (χ1n) is 7.19. The predicted molar refractivity (Wildman–Crippen MR) is 81.4 cm³/mol. The highest BCUT2D eigenvalue weighted by atomic mass is 16.5. The summed E-state index contributed by atoms with van der Waals surface area (Å²) >= 11 is 0. The van der Waals surface area contributed by atoms with Gasteiger partial charge >= 0.3 is 0 Å². The molecule has 1 aromatic rings. The molecule has 4 heteroatoms. The molecule has 2 rings (SSSR count). The summed E-state index contributed by atoms with van der Waals surface area (Å²) in [7, 11) is 7.59. The van der Waals surface area contributed by atoms with Gasteiger partial charge < -0.3 is 20.1 Å². The van der Waals surface area contributed by atoms with Gasteiger partial charge in [-0.15, -0.1) is 0 Å². The Kier molecular flexibility index (Phi) is 4.55. The highest BCUT2D eigenvalue weighted by Gasteiger charge is 2.42. The Morgan fingerprint density at radius 3 is 1.95 bits per heavy atom. The van der Waals surface area contributed by atoms with E-state index < -0.39 is 0 Å². The molecule has 1 aromatic carbocycles. The zero-order chi connectivity index (χ0) is 14.8. The van der Waals surface area contributed by atoms with Crippen LogP contribution in [0.3, 0.4) is 0 Å². The van der Waals surface area contributed by atoms with Crippen LogP contribution in [0.5, 0.6) is 11.5 Å². The average Bonchev–Trinajstić information content (AvgIpc) is 2.96. The maximum atomic E-state index is 6.63. The standard InChI is InChI=1S/C16H26N2O2/c1-18(2)16(7-5-6-8-16)15(17)12-9-13(19-3)11-14(10-12)20-4/h9-11,15H,5-8,17H2,1-4H3. The normalized spacial score (nSPS) is 19.1. The van der Waals surface area contributed by atoms with E-state index in [2.05, 4.69) is 19.0 Å². The van der Waals surface area contributed by atoms with E-state index in [1.807, 2.05) is 18.2 Å². The van der Waals surface area contributed by atoms with Crippen LogP contribution in [0, 0.1) is 0 Å². The van der Waals surface area contributed by atoms with Crippen molar-refractivity contribution < 1.29 is 9.47 Å². The van der Waals surface area contributed by atoms with Crippen molar-refractivity contribution >= 4 is 0 Å². The summed E-state index contributed by atoms with van der Waals surface area (Å²) in [6.07, 6.45) is 4.77. The molecule has 1 saturated carbocycles. The van der Waals surface area contributed by atoms with Gasteiger partial charge in [0.05, 0.1) is 14.2 Å². The van der Waals surface area contributed by atoms with Gasteiger partial charge in [-0.3, -0.25) is 0 Å². The maximum Gasteiger partial charge on any atom is 0.122 e. The fraction of sp³-hybridized carbons (Fsp3) is 0.625. The summed E-state index contributed by atoms with van der Waals surface area (Å²) < 4.78 is 10.7. The Hall–Kier alpha value is -1.26. The molecule has 0 aromatic heterocycles. The number of likely N-dealkylation sites (N-methyl/N-ethyl adjacent to an activating group) is 1. The quantitative estimate of drug-likeness (QED) is 0.899. The number of benzene rings is 1. The lowest BCUT2D eigenvalue weighted by Crippen LogP contribution is -2.50. The largest absolute Gasteiger partial charge is 0.497 e. The Balaban J connectivity index is 2.38. The zero-order valence-electron chi connectivity index (χ0n) is 13.0. The van der Waals surface area contributed by atoms with E-state index in [4.69, 9.17) is 15.2 Å². The number of nitrogens with zero attached hydrogens (tertiary/aromatic N) is 1.